The fourth-order valence-electron chi connectivity index (χ4n) is 4.12. The van der Waals surface area contributed by atoms with Crippen molar-refractivity contribution in [1.82, 2.24) is 10.3 Å². The van der Waals surface area contributed by atoms with E-state index in [0.717, 1.165) is 18.4 Å². The number of carbonyl (C=O) groups excluding carboxylic acids is 1. The molecule has 0 saturated heterocycles. The molecular formula is C25H25ClN4O3. The zero-order valence-corrected chi connectivity index (χ0v) is 19.0. The zero-order chi connectivity index (χ0) is 23.4. The van der Waals surface area contributed by atoms with Gasteiger partial charge in [-0.3, -0.25) is 9.78 Å². The highest BCUT2D eigenvalue weighted by molar-refractivity contribution is 6.32. The summed E-state index contributed by atoms with van der Waals surface area (Å²) < 4.78 is 5.22. The molecule has 33 heavy (non-hydrogen) atoms. The second kappa shape index (κ2) is 10.1. The molecule has 1 amide bonds. The number of halogens is 1. The molecule has 2 aromatic carbocycles. The van der Waals surface area contributed by atoms with E-state index in [2.05, 4.69) is 21.7 Å². The molecule has 0 radical (unpaired) electrons. The number of rotatable bonds is 6. The van der Waals surface area contributed by atoms with Crippen molar-refractivity contribution in [2.24, 2.45) is 0 Å². The van der Waals surface area contributed by atoms with Crippen molar-refractivity contribution >= 4 is 34.1 Å². The zero-order valence-electron chi connectivity index (χ0n) is 18.3. The van der Waals surface area contributed by atoms with Crippen LogP contribution in [0.5, 0.6) is 5.75 Å². The van der Waals surface area contributed by atoms with Gasteiger partial charge in [0.1, 0.15) is 5.75 Å². The molecule has 3 N–H and O–H groups in total. The Labute approximate surface area is 197 Å². The van der Waals surface area contributed by atoms with Crippen LogP contribution in [-0.4, -0.2) is 35.3 Å². The Kier molecular flexibility index (Phi) is 6.97. The molecule has 0 aliphatic heterocycles. The fourth-order valence-corrected chi connectivity index (χ4v) is 4.40. The average Bonchev–Trinajstić information content (AvgIpc) is 2.83. The van der Waals surface area contributed by atoms with Crippen LogP contribution in [0.4, 0.5) is 5.69 Å². The summed E-state index contributed by atoms with van der Waals surface area (Å²) in [7, 11) is 1.56. The Morgan fingerprint density at radius 1 is 1.24 bits per heavy atom. The van der Waals surface area contributed by atoms with E-state index in [1.54, 1.807) is 37.6 Å². The van der Waals surface area contributed by atoms with Gasteiger partial charge in [0, 0.05) is 24.2 Å². The molecule has 1 aliphatic carbocycles. The lowest BCUT2D eigenvalue weighted by Gasteiger charge is -2.26. The van der Waals surface area contributed by atoms with E-state index in [9.17, 15) is 15.2 Å². The van der Waals surface area contributed by atoms with Gasteiger partial charge >= 0.3 is 0 Å². The first-order valence-electron chi connectivity index (χ1n) is 10.9. The average molecular weight is 465 g/mol. The normalized spacial score (nSPS) is 17.9. The van der Waals surface area contributed by atoms with Crippen LogP contribution in [0.25, 0.3) is 10.9 Å². The molecule has 8 heteroatoms. The summed E-state index contributed by atoms with van der Waals surface area (Å²) in [6, 6.07) is 12.9. The van der Waals surface area contributed by atoms with Crippen molar-refractivity contribution in [3.8, 4) is 11.8 Å². The number of benzene rings is 2. The summed E-state index contributed by atoms with van der Waals surface area (Å²) in [5.74, 6) is 0.356. The second-order valence-electron chi connectivity index (χ2n) is 8.19. The third-order valence-corrected chi connectivity index (χ3v) is 6.25. The number of nitriles is 1. The molecular weight excluding hydrogens is 440 g/mol. The summed E-state index contributed by atoms with van der Waals surface area (Å²) in [6.45, 7) is 0.412. The fraction of sp³-hybridized carbons (Fsp3) is 0.320. The number of nitrogens with one attached hydrogen (secondary N) is 2. The van der Waals surface area contributed by atoms with Crippen molar-refractivity contribution < 1.29 is 14.6 Å². The van der Waals surface area contributed by atoms with Crippen LogP contribution in [0.3, 0.4) is 0 Å². The number of methoxy groups -OCH3 is 1. The van der Waals surface area contributed by atoms with Gasteiger partial charge in [0.15, 0.2) is 0 Å². The summed E-state index contributed by atoms with van der Waals surface area (Å²) in [4.78, 5) is 17.7. The number of aliphatic hydroxyl groups is 1. The highest BCUT2D eigenvalue weighted by Gasteiger charge is 2.23. The number of ether oxygens (including phenoxy) is 1. The maximum atomic E-state index is 13.2. The second-order valence-corrected chi connectivity index (χ2v) is 8.60. The summed E-state index contributed by atoms with van der Waals surface area (Å²) in [5, 5.41) is 26.8. The highest BCUT2D eigenvalue weighted by atomic mass is 35.5. The van der Waals surface area contributed by atoms with Crippen molar-refractivity contribution in [3.63, 3.8) is 0 Å². The quantitative estimate of drug-likeness (QED) is 0.498. The number of carbonyl (C=O) groups is 1. The van der Waals surface area contributed by atoms with Crippen molar-refractivity contribution in [1.29, 1.82) is 5.26 Å². The maximum absolute atomic E-state index is 13.2. The van der Waals surface area contributed by atoms with Gasteiger partial charge in [-0.15, -0.1) is 0 Å². The molecule has 7 nitrogen and oxygen atoms in total. The van der Waals surface area contributed by atoms with Gasteiger partial charge in [0.25, 0.3) is 5.91 Å². The molecule has 1 fully saturated rings. The standard InChI is InChI=1S/C25H25ClN4O3/c1-33-23-9-3-16(11-21(23)26)13-29-24-19-10-15(12-27)2-8-22(19)28-14-20(24)25(32)30-17-4-6-18(31)7-5-17/h2-3,8-11,14,17-18,31H,4-7,13H2,1H3,(H,28,29)(H,30,32). The topological polar surface area (TPSA) is 107 Å². The SMILES string of the molecule is COc1ccc(CNc2c(C(=O)NC3CCC(O)CC3)cnc3ccc(C#N)cc23)cc1Cl. The van der Waals surface area contributed by atoms with E-state index in [1.807, 2.05) is 12.1 Å². The van der Waals surface area contributed by atoms with Crippen LogP contribution in [0.2, 0.25) is 5.02 Å². The predicted octanol–water partition coefficient (Wildman–Crippen LogP) is 4.41. The molecule has 1 aliphatic rings. The molecule has 1 heterocycles. The first-order chi connectivity index (χ1) is 16.0. The van der Waals surface area contributed by atoms with E-state index >= 15 is 0 Å². The number of nitrogens with zero attached hydrogens (tertiary/aromatic N) is 2. The van der Waals surface area contributed by atoms with Crippen molar-refractivity contribution in [3.05, 3.63) is 64.3 Å². The monoisotopic (exact) mass is 464 g/mol. The van der Waals surface area contributed by atoms with Crippen LogP contribution < -0.4 is 15.4 Å². The summed E-state index contributed by atoms with van der Waals surface area (Å²) in [5.41, 5.74) is 3.09. The lowest BCUT2D eigenvalue weighted by Crippen LogP contribution is -2.38. The van der Waals surface area contributed by atoms with Crippen LogP contribution in [0, 0.1) is 11.3 Å². The Hall–Kier alpha value is -3.34. The Morgan fingerprint density at radius 2 is 2.03 bits per heavy atom. The third kappa shape index (κ3) is 5.19. The number of aromatic nitrogens is 1. The van der Waals surface area contributed by atoms with Crippen molar-refractivity contribution in [2.75, 3.05) is 12.4 Å². The first-order valence-corrected chi connectivity index (χ1v) is 11.2. The number of hydrogen-bond donors (Lipinski definition) is 3. The largest absolute Gasteiger partial charge is 0.495 e. The molecule has 0 bridgehead atoms. The molecule has 170 valence electrons. The molecule has 3 aromatic rings. The minimum Gasteiger partial charge on any atom is -0.495 e. The van der Waals surface area contributed by atoms with Gasteiger partial charge in [-0.2, -0.15) is 5.26 Å². The first kappa shape index (κ1) is 22.8. The molecule has 0 spiro atoms. The maximum Gasteiger partial charge on any atom is 0.255 e. The molecule has 0 unspecified atom stereocenters. The van der Waals surface area contributed by atoms with Gasteiger partial charge in [-0.25, -0.2) is 0 Å². The number of fused-ring (bicyclic) bond motifs is 1. The minimum atomic E-state index is -0.293. The third-order valence-electron chi connectivity index (χ3n) is 5.96. The van der Waals surface area contributed by atoms with Gasteiger partial charge in [-0.1, -0.05) is 17.7 Å². The predicted molar refractivity (Wildman–Crippen MR) is 128 cm³/mol. The van der Waals surface area contributed by atoms with E-state index in [0.29, 0.717) is 57.9 Å². The van der Waals surface area contributed by atoms with Gasteiger partial charge < -0.3 is 20.5 Å². The highest BCUT2D eigenvalue weighted by Crippen LogP contribution is 2.30. The van der Waals surface area contributed by atoms with E-state index in [4.69, 9.17) is 16.3 Å². The molecule has 1 aromatic heterocycles. The minimum absolute atomic E-state index is 0.00952. The van der Waals surface area contributed by atoms with E-state index in [-0.39, 0.29) is 18.1 Å². The van der Waals surface area contributed by atoms with Gasteiger partial charge in [-0.05, 0) is 61.6 Å². The Bertz CT molecular complexity index is 1220. The smallest absolute Gasteiger partial charge is 0.255 e. The lowest BCUT2D eigenvalue weighted by molar-refractivity contribution is 0.0868. The number of amides is 1. The molecule has 0 atom stereocenters. The summed E-state index contributed by atoms with van der Waals surface area (Å²) >= 11 is 6.27. The lowest BCUT2D eigenvalue weighted by atomic mass is 9.93. The van der Waals surface area contributed by atoms with E-state index < -0.39 is 0 Å². The van der Waals surface area contributed by atoms with Gasteiger partial charge in [0.2, 0.25) is 0 Å². The van der Waals surface area contributed by atoms with E-state index in [1.165, 1.54) is 0 Å². The number of anilines is 1. The molecule has 4 rings (SSSR count). The van der Waals surface area contributed by atoms with Crippen LogP contribution in [0.1, 0.15) is 47.2 Å². The summed E-state index contributed by atoms with van der Waals surface area (Å²) in [6.07, 6.45) is 4.09. The van der Waals surface area contributed by atoms with Gasteiger partial charge in [0.05, 0.1) is 46.6 Å². The number of hydrogen-bond acceptors (Lipinski definition) is 6. The number of aliphatic hydroxyl groups excluding tert-OH is 1. The molecule has 1 saturated carbocycles. The van der Waals surface area contributed by atoms with Crippen LogP contribution in [-0.2, 0) is 6.54 Å². The number of pyridine rings is 1. The Balaban J connectivity index is 1.66. The Morgan fingerprint density at radius 3 is 2.73 bits per heavy atom. The van der Waals surface area contributed by atoms with Crippen LogP contribution in [0.15, 0.2) is 42.6 Å². The van der Waals surface area contributed by atoms with Crippen molar-refractivity contribution in [2.45, 2.75) is 44.4 Å². The van der Waals surface area contributed by atoms with Crippen LogP contribution >= 0.6 is 11.6 Å².